The zero-order chi connectivity index (χ0) is 9.42. The molecule has 72 valence electrons. The van der Waals surface area contributed by atoms with Gasteiger partial charge >= 0.3 is 5.97 Å². The first-order chi connectivity index (χ1) is 6.18. The Morgan fingerprint density at radius 1 is 1.54 bits per heavy atom. The Hall–Kier alpha value is -1.06. The average molecular weight is 183 g/mol. The molecule has 0 bridgehead atoms. The molecule has 0 aromatic rings. The molecule has 13 heavy (non-hydrogen) atoms. The van der Waals surface area contributed by atoms with Crippen LogP contribution >= 0.6 is 0 Å². The van der Waals surface area contributed by atoms with Crippen molar-refractivity contribution in [1.29, 1.82) is 0 Å². The lowest BCUT2D eigenvalue weighted by atomic mass is 10.1. The molecule has 2 fully saturated rings. The first-order valence-electron chi connectivity index (χ1n) is 4.65. The van der Waals surface area contributed by atoms with Crippen LogP contribution in [0.25, 0.3) is 0 Å². The monoisotopic (exact) mass is 183 g/mol. The van der Waals surface area contributed by atoms with Gasteiger partial charge in [-0.25, -0.2) is 0 Å². The summed E-state index contributed by atoms with van der Waals surface area (Å²) in [5.74, 6) is -0.0362. The Morgan fingerprint density at radius 3 is 3.00 bits per heavy atom. The number of ether oxygens (including phenoxy) is 1. The molecule has 0 aromatic heterocycles. The lowest BCUT2D eigenvalue weighted by Crippen LogP contribution is -2.33. The molecular weight excluding hydrogens is 170 g/mol. The summed E-state index contributed by atoms with van der Waals surface area (Å²) >= 11 is 0. The van der Waals surface area contributed by atoms with Gasteiger partial charge in [0, 0.05) is 26.3 Å². The topological polar surface area (TPSA) is 46.6 Å². The summed E-state index contributed by atoms with van der Waals surface area (Å²) in [6.07, 6.45) is 2.21. The zero-order valence-electron chi connectivity index (χ0n) is 7.66. The van der Waals surface area contributed by atoms with Crippen molar-refractivity contribution in [3.8, 4) is 0 Å². The van der Waals surface area contributed by atoms with Gasteiger partial charge in [-0.2, -0.15) is 0 Å². The van der Waals surface area contributed by atoms with Crippen molar-refractivity contribution in [3.63, 3.8) is 0 Å². The summed E-state index contributed by atoms with van der Waals surface area (Å²) in [5.41, 5.74) is 0. The number of nitrogens with zero attached hydrogens (tertiary/aromatic N) is 1. The molecule has 0 saturated carbocycles. The van der Waals surface area contributed by atoms with Crippen LogP contribution < -0.4 is 0 Å². The molecular formula is C9H13NO3. The van der Waals surface area contributed by atoms with Gasteiger partial charge in [-0.15, -0.1) is 0 Å². The standard InChI is InChI=1S/C9H13NO3/c1-6(11)13-8-4-5-10-7(8)2-3-9(10)12/h7-8H,2-5H2,1H3/t7-,8-/m1/s1. The fourth-order valence-corrected chi connectivity index (χ4v) is 2.24. The first kappa shape index (κ1) is 8.53. The molecule has 2 aliphatic heterocycles. The summed E-state index contributed by atoms with van der Waals surface area (Å²) in [4.78, 5) is 23.9. The van der Waals surface area contributed by atoms with Crippen molar-refractivity contribution in [2.75, 3.05) is 6.54 Å². The Morgan fingerprint density at radius 2 is 2.31 bits per heavy atom. The molecule has 2 heterocycles. The van der Waals surface area contributed by atoms with Gasteiger partial charge in [-0.3, -0.25) is 9.59 Å². The van der Waals surface area contributed by atoms with Crippen LogP contribution in [0.4, 0.5) is 0 Å². The molecule has 4 nitrogen and oxygen atoms in total. The van der Waals surface area contributed by atoms with E-state index in [0.717, 1.165) is 19.4 Å². The van der Waals surface area contributed by atoms with E-state index in [-0.39, 0.29) is 24.0 Å². The minimum Gasteiger partial charge on any atom is -0.460 e. The highest BCUT2D eigenvalue weighted by molar-refractivity contribution is 5.79. The van der Waals surface area contributed by atoms with Gasteiger partial charge in [-0.1, -0.05) is 0 Å². The van der Waals surface area contributed by atoms with Crippen LogP contribution in [0.5, 0.6) is 0 Å². The molecule has 0 unspecified atom stereocenters. The summed E-state index contributed by atoms with van der Waals surface area (Å²) in [6, 6.07) is 0.163. The van der Waals surface area contributed by atoms with Crippen LogP contribution in [0, 0.1) is 0 Å². The van der Waals surface area contributed by atoms with E-state index in [0.29, 0.717) is 6.42 Å². The number of esters is 1. The van der Waals surface area contributed by atoms with Gasteiger partial charge in [-0.05, 0) is 6.42 Å². The fourth-order valence-electron chi connectivity index (χ4n) is 2.24. The minimum absolute atomic E-state index is 0.0519. The molecule has 0 spiro atoms. The van der Waals surface area contributed by atoms with Gasteiger partial charge in [0.25, 0.3) is 0 Å². The molecule has 2 atom stereocenters. The summed E-state index contributed by atoms with van der Waals surface area (Å²) < 4.78 is 5.14. The Labute approximate surface area is 76.8 Å². The summed E-state index contributed by atoms with van der Waals surface area (Å²) in [6.45, 7) is 2.17. The Kier molecular flexibility index (Phi) is 1.98. The van der Waals surface area contributed by atoms with Crippen molar-refractivity contribution in [2.24, 2.45) is 0 Å². The second kappa shape index (κ2) is 3.01. The van der Waals surface area contributed by atoms with E-state index in [9.17, 15) is 9.59 Å². The highest BCUT2D eigenvalue weighted by Crippen LogP contribution is 2.30. The average Bonchev–Trinajstić information content (AvgIpc) is 2.56. The quantitative estimate of drug-likeness (QED) is 0.550. The van der Waals surface area contributed by atoms with E-state index in [1.807, 2.05) is 4.90 Å². The van der Waals surface area contributed by atoms with Gasteiger partial charge < -0.3 is 9.64 Å². The Balaban J connectivity index is 2.02. The maximum absolute atomic E-state index is 11.3. The van der Waals surface area contributed by atoms with Crippen LogP contribution in [0.1, 0.15) is 26.2 Å². The van der Waals surface area contributed by atoms with E-state index < -0.39 is 0 Å². The SMILES string of the molecule is CC(=O)O[C@@H]1CCN2C(=O)CC[C@H]12. The van der Waals surface area contributed by atoms with Crippen LogP contribution in [-0.2, 0) is 14.3 Å². The van der Waals surface area contributed by atoms with Crippen LogP contribution in [-0.4, -0.2) is 35.5 Å². The number of carbonyl (C=O) groups is 2. The molecule has 0 N–H and O–H groups in total. The lowest BCUT2D eigenvalue weighted by molar-refractivity contribution is -0.147. The van der Waals surface area contributed by atoms with Gasteiger partial charge in [0.05, 0.1) is 6.04 Å². The smallest absolute Gasteiger partial charge is 0.302 e. The first-order valence-corrected chi connectivity index (χ1v) is 4.65. The highest BCUT2D eigenvalue weighted by atomic mass is 16.5. The molecule has 4 heteroatoms. The van der Waals surface area contributed by atoms with E-state index in [1.165, 1.54) is 6.92 Å². The molecule has 2 aliphatic rings. The minimum atomic E-state index is -0.244. The van der Waals surface area contributed by atoms with Crippen LogP contribution in [0.15, 0.2) is 0 Å². The number of hydrogen-bond donors (Lipinski definition) is 0. The number of carbonyl (C=O) groups excluding carboxylic acids is 2. The largest absolute Gasteiger partial charge is 0.460 e. The van der Waals surface area contributed by atoms with Gasteiger partial charge in [0.1, 0.15) is 6.10 Å². The molecule has 2 rings (SSSR count). The summed E-state index contributed by atoms with van der Waals surface area (Å²) in [5, 5.41) is 0. The zero-order valence-corrected chi connectivity index (χ0v) is 7.66. The molecule has 2 saturated heterocycles. The number of rotatable bonds is 1. The van der Waals surface area contributed by atoms with Crippen molar-refractivity contribution < 1.29 is 14.3 Å². The fraction of sp³-hybridized carbons (Fsp3) is 0.778. The predicted octanol–water partition coefficient (Wildman–Crippen LogP) is 0.313. The van der Waals surface area contributed by atoms with Gasteiger partial charge in [0.2, 0.25) is 5.91 Å². The van der Waals surface area contributed by atoms with Crippen LogP contribution in [0.3, 0.4) is 0 Å². The van der Waals surface area contributed by atoms with Crippen molar-refractivity contribution >= 4 is 11.9 Å². The van der Waals surface area contributed by atoms with E-state index in [2.05, 4.69) is 0 Å². The number of hydrogen-bond acceptors (Lipinski definition) is 3. The molecule has 0 aromatic carbocycles. The summed E-state index contributed by atoms with van der Waals surface area (Å²) in [7, 11) is 0. The predicted molar refractivity (Wildman–Crippen MR) is 44.9 cm³/mol. The maximum Gasteiger partial charge on any atom is 0.302 e. The normalized spacial score (nSPS) is 32.1. The van der Waals surface area contributed by atoms with E-state index >= 15 is 0 Å². The maximum atomic E-state index is 11.3. The van der Waals surface area contributed by atoms with Gasteiger partial charge in [0.15, 0.2) is 0 Å². The molecule has 1 amide bonds. The van der Waals surface area contributed by atoms with E-state index in [4.69, 9.17) is 4.74 Å². The highest BCUT2D eigenvalue weighted by Gasteiger charge is 2.42. The second-order valence-electron chi connectivity index (χ2n) is 3.63. The van der Waals surface area contributed by atoms with Crippen molar-refractivity contribution in [2.45, 2.75) is 38.3 Å². The number of fused-ring (bicyclic) bond motifs is 1. The third-order valence-corrected chi connectivity index (χ3v) is 2.78. The van der Waals surface area contributed by atoms with Crippen LogP contribution in [0.2, 0.25) is 0 Å². The second-order valence-corrected chi connectivity index (χ2v) is 3.63. The third kappa shape index (κ3) is 1.41. The number of amides is 1. The molecule has 0 aliphatic carbocycles. The lowest BCUT2D eigenvalue weighted by Gasteiger charge is -2.19. The van der Waals surface area contributed by atoms with Crippen molar-refractivity contribution in [1.82, 2.24) is 4.90 Å². The van der Waals surface area contributed by atoms with E-state index in [1.54, 1.807) is 0 Å². The molecule has 0 radical (unpaired) electrons. The Bertz CT molecular complexity index is 251. The third-order valence-electron chi connectivity index (χ3n) is 2.78. The van der Waals surface area contributed by atoms with Crippen molar-refractivity contribution in [3.05, 3.63) is 0 Å².